The van der Waals surface area contributed by atoms with Crippen LogP contribution in [0.15, 0.2) is 18.2 Å². The van der Waals surface area contributed by atoms with Crippen LogP contribution in [0.3, 0.4) is 0 Å². The number of nitrogens with zero attached hydrogens (tertiary/aromatic N) is 3. The van der Waals surface area contributed by atoms with Crippen molar-refractivity contribution in [1.29, 1.82) is 5.26 Å². The van der Waals surface area contributed by atoms with Gasteiger partial charge in [-0.05, 0) is 71.7 Å². The van der Waals surface area contributed by atoms with Crippen molar-refractivity contribution in [1.82, 2.24) is 9.80 Å². The molecule has 31 heavy (non-hydrogen) atoms. The van der Waals surface area contributed by atoms with Gasteiger partial charge < -0.3 is 19.7 Å². The number of hydrogen-bond donors (Lipinski definition) is 1. The Kier molecular flexibility index (Phi) is 8.19. The Bertz CT molecular complexity index is 795. The molecule has 1 aliphatic heterocycles. The molecule has 172 valence electrons. The summed E-state index contributed by atoms with van der Waals surface area (Å²) in [6, 6.07) is 8.33. The van der Waals surface area contributed by atoms with Gasteiger partial charge in [0.05, 0.1) is 6.07 Å². The lowest BCUT2D eigenvalue weighted by Gasteiger charge is -2.40. The molecular formula is C24H38N4O3. The first-order chi connectivity index (χ1) is 14.4. The summed E-state index contributed by atoms with van der Waals surface area (Å²) < 4.78 is 11.6. The van der Waals surface area contributed by atoms with Gasteiger partial charge in [-0.3, -0.25) is 4.90 Å². The molecule has 1 N–H and O–H groups in total. The molecule has 0 aliphatic carbocycles. The standard InChI is InChI=1S/C24H38N4O3/c1-8-19-15-20(26-24(6,7)17-25)9-10-21(19)30-14-13-27-11-12-28(18(2)16-27)22(29)31-23(3,4)5/h9-10,15,18,26H,8,11-14,16H2,1-7H3/t18-/m1/s1. The highest BCUT2D eigenvalue weighted by atomic mass is 16.6. The molecule has 0 aromatic heterocycles. The van der Waals surface area contributed by atoms with Gasteiger partial charge in [0.2, 0.25) is 0 Å². The summed E-state index contributed by atoms with van der Waals surface area (Å²) in [5.74, 6) is 0.878. The number of piperazine rings is 1. The highest BCUT2D eigenvalue weighted by Crippen LogP contribution is 2.25. The van der Waals surface area contributed by atoms with E-state index < -0.39 is 11.1 Å². The van der Waals surface area contributed by atoms with Crippen LogP contribution in [0.25, 0.3) is 0 Å². The van der Waals surface area contributed by atoms with E-state index >= 15 is 0 Å². The highest BCUT2D eigenvalue weighted by Gasteiger charge is 2.30. The van der Waals surface area contributed by atoms with Gasteiger partial charge in [-0.15, -0.1) is 0 Å². The number of ether oxygens (including phenoxy) is 2. The number of hydrogen-bond acceptors (Lipinski definition) is 6. The number of nitriles is 1. The van der Waals surface area contributed by atoms with E-state index in [1.807, 2.05) is 51.7 Å². The second-order valence-corrected chi connectivity index (χ2v) is 9.71. The lowest BCUT2D eigenvalue weighted by Crippen LogP contribution is -2.55. The molecule has 0 bridgehead atoms. The van der Waals surface area contributed by atoms with Crippen molar-refractivity contribution in [2.75, 3.05) is 38.1 Å². The number of carbonyl (C=O) groups is 1. The molecule has 1 aromatic rings. The quantitative estimate of drug-likeness (QED) is 0.696. The molecule has 1 aliphatic rings. The number of carbonyl (C=O) groups excluding carboxylic acids is 1. The fraction of sp³-hybridized carbons (Fsp3) is 0.667. The number of rotatable bonds is 7. The summed E-state index contributed by atoms with van der Waals surface area (Å²) in [4.78, 5) is 16.5. The van der Waals surface area contributed by atoms with Gasteiger partial charge in [-0.2, -0.15) is 5.26 Å². The minimum atomic E-state index is -0.620. The summed E-state index contributed by atoms with van der Waals surface area (Å²) in [7, 11) is 0. The molecule has 1 aromatic carbocycles. The minimum Gasteiger partial charge on any atom is -0.492 e. The second kappa shape index (κ2) is 10.2. The summed E-state index contributed by atoms with van der Waals surface area (Å²) in [5.41, 5.74) is 0.935. The van der Waals surface area contributed by atoms with Crippen LogP contribution in [-0.2, 0) is 11.2 Å². The monoisotopic (exact) mass is 430 g/mol. The van der Waals surface area contributed by atoms with Gasteiger partial charge in [0.25, 0.3) is 0 Å². The molecule has 0 saturated carbocycles. The molecular weight excluding hydrogens is 392 g/mol. The number of amides is 1. The lowest BCUT2D eigenvalue weighted by molar-refractivity contribution is 0.000347. The zero-order chi connectivity index (χ0) is 23.2. The highest BCUT2D eigenvalue weighted by molar-refractivity contribution is 5.68. The summed E-state index contributed by atoms with van der Waals surface area (Å²) in [6.45, 7) is 17.2. The number of nitrogens with one attached hydrogen (secondary N) is 1. The molecule has 0 radical (unpaired) electrons. The van der Waals surface area contributed by atoms with E-state index in [0.29, 0.717) is 13.2 Å². The van der Waals surface area contributed by atoms with Crippen molar-refractivity contribution in [3.63, 3.8) is 0 Å². The Morgan fingerprint density at radius 3 is 2.55 bits per heavy atom. The third kappa shape index (κ3) is 7.62. The van der Waals surface area contributed by atoms with E-state index in [1.165, 1.54) is 0 Å². The molecule has 1 heterocycles. The normalized spacial score (nSPS) is 17.7. The van der Waals surface area contributed by atoms with Crippen LogP contribution in [0.1, 0.15) is 54.0 Å². The smallest absolute Gasteiger partial charge is 0.410 e. The third-order valence-corrected chi connectivity index (χ3v) is 5.18. The van der Waals surface area contributed by atoms with Crippen molar-refractivity contribution in [3.8, 4) is 11.8 Å². The zero-order valence-electron chi connectivity index (χ0n) is 20.1. The van der Waals surface area contributed by atoms with Gasteiger partial charge in [0.1, 0.15) is 23.5 Å². The maximum absolute atomic E-state index is 12.4. The van der Waals surface area contributed by atoms with Crippen LogP contribution in [0.4, 0.5) is 10.5 Å². The van der Waals surface area contributed by atoms with Gasteiger partial charge in [-0.25, -0.2) is 4.79 Å². The molecule has 2 rings (SSSR count). The third-order valence-electron chi connectivity index (χ3n) is 5.18. The predicted molar refractivity (Wildman–Crippen MR) is 123 cm³/mol. The molecule has 0 spiro atoms. The average molecular weight is 431 g/mol. The molecule has 1 fully saturated rings. The maximum atomic E-state index is 12.4. The Balaban J connectivity index is 1.86. The largest absolute Gasteiger partial charge is 0.492 e. The van der Waals surface area contributed by atoms with Crippen molar-refractivity contribution < 1.29 is 14.3 Å². The first-order valence-corrected chi connectivity index (χ1v) is 11.1. The molecule has 1 saturated heterocycles. The van der Waals surface area contributed by atoms with Gasteiger partial charge >= 0.3 is 6.09 Å². The summed E-state index contributed by atoms with van der Waals surface area (Å²) in [5, 5.41) is 12.5. The van der Waals surface area contributed by atoms with E-state index in [1.54, 1.807) is 0 Å². The van der Waals surface area contributed by atoms with Crippen LogP contribution in [0.2, 0.25) is 0 Å². The molecule has 7 heteroatoms. The average Bonchev–Trinajstić information content (AvgIpc) is 2.67. The molecule has 0 unspecified atom stereocenters. The van der Waals surface area contributed by atoms with Crippen LogP contribution in [0.5, 0.6) is 5.75 Å². The van der Waals surface area contributed by atoms with Gasteiger partial charge in [-0.1, -0.05) is 6.92 Å². The second-order valence-electron chi connectivity index (χ2n) is 9.71. The van der Waals surface area contributed by atoms with Crippen molar-refractivity contribution >= 4 is 11.8 Å². The Morgan fingerprint density at radius 2 is 1.97 bits per heavy atom. The SMILES string of the molecule is CCc1cc(NC(C)(C)C#N)ccc1OCCN1CCN(C(=O)OC(C)(C)C)[C@H](C)C1. The first kappa shape index (κ1) is 24.8. The first-order valence-electron chi connectivity index (χ1n) is 11.1. The summed E-state index contributed by atoms with van der Waals surface area (Å²) >= 11 is 0. The molecule has 1 atom stereocenters. The van der Waals surface area contributed by atoms with E-state index in [0.717, 1.165) is 43.1 Å². The van der Waals surface area contributed by atoms with Crippen LogP contribution in [-0.4, -0.2) is 65.9 Å². The number of anilines is 1. The lowest BCUT2D eigenvalue weighted by atomic mass is 10.1. The zero-order valence-corrected chi connectivity index (χ0v) is 20.1. The van der Waals surface area contributed by atoms with E-state index in [-0.39, 0.29) is 12.1 Å². The number of benzene rings is 1. The van der Waals surface area contributed by atoms with Crippen LogP contribution in [0, 0.1) is 11.3 Å². The van der Waals surface area contributed by atoms with Crippen molar-refractivity contribution in [2.24, 2.45) is 0 Å². The topological polar surface area (TPSA) is 77.8 Å². The predicted octanol–water partition coefficient (Wildman–Crippen LogP) is 4.28. The van der Waals surface area contributed by atoms with Gasteiger partial charge in [0.15, 0.2) is 0 Å². The van der Waals surface area contributed by atoms with Crippen molar-refractivity contribution in [2.45, 2.75) is 72.1 Å². The number of aryl methyl sites for hydroxylation is 1. The van der Waals surface area contributed by atoms with E-state index in [2.05, 4.69) is 36.2 Å². The van der Waals surface area contributed by atoms with Gasteiger partial charge in [0, 0.05) is 37.9 Å². The Hall–Kier alpha value is -2.46. The van der Waals surface area contributed by atoms with Crippen LogP contribution < -0.4 is 10.1 Å². The molecule has 7 nitrogen and oxygen atoms in total. The minimum absolute atomic E-state index is 0.101. The van der Waals surface area contributed by atoms with Crippen LogP contribution >= 0.6 is 0 Å². The Labute approximate surface area is 187 Å². The van der Waals surface area contributed by atoms with E-state index in [9.17, 15) is 10.1 Å². The fourth-order valence-electron chi connectivity index (χ4n) is 3.58. The van der Waals surface area contributed by atoms with E-state index in [4.69, 9.17) is 9.47 Å². The molecule has 1 amide bonds. The fourth-order valence-corrected chi connectivity index (χ4v) is 3.58. The van der Waals surface area contributed by atoms with Crippen molar-refractivity contribution in [3.05, 3.63) is 23.8 Å². The Morgan fingerprint density at radius 1 is 1.26 bits per heavy atom. The summed E-state index contributed by atoms with van der Waals surface area (Å²) in [6.07, 6.45) is 0.612. The maximum Gasteiger partial charge on any atom is 0.410 e.